The fraction of sp³-hybridized carbons (Fsp3) is 0.407. The number of methoxy groups -OCH3 is 1. The van der Waals surface area contributed by atoms with Gasteiger partial charge < -0.3 is 15.4 Å². The highest BCUT2D eigenvalue weighted by atomic mass is 16.5. The summed E-state index contributed by atoms with van der Waals surface area (Å²) in [6, 6.07) is 2.26. The van der Waals surface area contributed by atoms with Gasteiger partial charge in [0.15, 0.2) is 0 Å². The van der Waals surface area contributed by atoms with Gasteiger partial charge in [0.25, 0.3) is 5.91 Å². The number of piperidine rings is 1. The fourth-order valence-corrected chi connectivity index (χ4v) is 5.70. The first-order valence-corrected chi connectivity index (χ1v) is 13.0. The Morgan fingerprint density at radius 3 is 2.74 bits per heavy atom. The Morgan fingerprint density at radius 1 is 1.10 bits per heavy atom. The van der Waals surface area contributed by atoms with Crippen LogP contribution in [0.4, 0.5) is 11.4 Å². The van der Waals surface area contributed by atoms with Crippen LogP contribution in [0.2, 0.25) is 0 Å². The number of carbonyl (C=O) groups is 2. The summed E-state index contributed by atoms with van der Waals surface area (Å²) < 4.78 is 8.66. The lowest BCUT2D eigenvalue weighted by Crippen LogP contribution is -2.38. The smallest absolute Gasteiger partial charge is 0.259 e. The van der Waals surface area contributed by atoms with Crippen LogP contribution in [-0.4, -0.2) is 72.3 Å². The summed E-state index contributed by atoms with van der Waals surface area (Å²) in [6.45, 7) is 3.57. The molecular weight excluding hydrogens is 498 g/mol. The minimum atomic E-state index is -0.345. The summed E-state index contributed by atoms with van der Waals surface area (Å²) in [5.41, 5.74) is 5.01. The molecule has 5 heterocycles. The molecule has 1 saturated heterocycles. The number of aromatic nitrogens is 6. The van der Waals surface area contributed by atoms with E-state index in [1.54, 1.807) is 54.1 Å². The van der Waals surface area contributed by atoms with E-state index in [2.05, 4.69) is 35.7 Å². The molecule has 2 amide bonds. The molecular formula is C27H31N9O3. The van der Waals surface area contributed by atoms with Gasteiger partial charge in [-0.15, -0.1) is 0 Å². The number of carbonyl (C=O) groups excluding carboxylic acids is 2. The third-order valence-electron chi connectivity index (χ3n) is 7.76. The molecule has 12 nitrogen and oxygen atoms in total. The minimum absolute atomic E-state index is 0.0720. The van der Waals surface area contributed by atoms with Crippen molar-refractivity contribution in [2.45, 2.75) is 38.8 Å². The standard InChI is InChI=1S/C27H31N9O3/c1-16-22(7-18(8-28-16)32-26(37)14-35-12-17-4-5-19(35)6-17)33-27(38)21-10-31-36-13-23(29-11-24(21)36)20-9-30-34(2)25(20)15-39-3/h7-11,13,17,19H,4-6,12,14-15H2,1-3H3,(H,32,37)(H,33,38)/t17-,19+/m1/s1. The molecule has 0 radical (unpaired) electrons. The molecule has 1 saturated carbocycles. The van der Waals surface area contributed by atoms with Crippen molar-refractivity contribution in [2.24, 2.45) is 13.0 Å². The quantitative estimate of drug-likeness (QED) is 0.356. The number of hydrogen-bond donors (Lipinski definition) is 2. The highest BCUT2D eigenvalue weighted by Crippen LogP contribution is 2.37. The number of amides is 2. The number of hydrogen-bond acceptors (Lipinski definition) is 8. The third kappa shape index (κ3) is 4.88. The van der Waals surface area contributed by atoms with Crippen LogP contribution < -0.4 is 10.6 Å². The first-order chi connectivity index (χ1) is 18.9. The predicted molar refractivity (Wildman–Crippen MR) is 144 cm³/mol. The predicted octanol–water partition coefficient (Wildman–Crippen LogP) is 2.65. The van der Waals surface area contributed by atoms with Crippen LogP contribution in [-0.2, 0) is 23.2 Å². The Kier molecular flexibility index (Phi) is 6.57. The van der Waals surface area contributed by atoms with Crippen LogP contribution in [0.3, 0.4) is 0 Å². The molecule has 2 aliphatic rings. The minimum Gasteiger partial charge on any atom is -0.378 e. The second kappa shape index (κ2) is 10.2. The zero-order valence-corrected chi connectivity index (χ0v) is 22.2. The zero-order chi connectivity index (χ0) is 27.1. The Morgan fingerprint density at radius 2 is 1.97 bits per heavy atom. The van der Waals surface area contributed by atoms with Crippen LogP contribution in [0.15, 0.2) is 37.1 Å². The van der Waals surface area contributed by atoms with Gasteiger partial charge in [0.2, 0.25) is 5.91 Å². The van der Waals surface area contributed by atoms with Gasteiger partial charge in [-0.05, 0) is 38.2 Å². The largest absolute Gasteiger partial charge is 0.378 e. The van der Waals surface area contributed by atoms with E-state index in [9.17, 15) is 9.59 Å². The van der Waals surface area contributed by atoms with E-state index in [1.807, 2.05) is 7.05 Å². The van der Waals surface area contributed by atoms with Crippen molar-refractivity contribution in [3.8, 4) is 11.3 Å². The van der Waals surface area contributed by atoms with Crippen LogP contribution in [0.25, 0.3) is 16.8 Å². The Bertz CT molecular complexity index is 1560. The van der Waals surface area contributed by atoms with Gasteiger partial charge in [0.05, 0.1) is 83.7 Å². The maximum atomic E-state index is 13.2. The molecule has 1 aliphatic heterocycles. The van der Waals surface area contributed by atoms with Crippen molar-refractivity contribution in [3.05, 3.63) is 54.0 Å². The Balaban J connectivity index is 1.16. The number of nitrogens with one attached hydrogen (secondary N) is 2. The number of pyridine rings is 1. The number of likely N-dealkylation sites (tertiary alicyclic amines) is 1. The molecule has 2 fully saturated rings. The summed E-state index contributed by atoms with van der Waals surface area (Å²) >= 11 is 0. The number of anilines is 2. The van der Waals surface area contributed by atoms with E-state index in [0.29, 0.717) is 53.0 Å². The first kappa shape index (κ1) is 25.1. The molecule has 39 heavy (non-hydrogen) atoms. The molecule has 1 aliphatic carbocycles. The second-order valence-corrected chi connectivity index (χ2v) is 10.3. The highest BCUT2D eigenvalue weighted by molar-refractivity contribution is 6.09. The molecule has 0 aromatic carbocycles. The highest BCUT2D eigenvalue weighted by Gasteiger charge is 2.38. The maximum absolute atomic E-state index is 13.2. The summed E-state index contributed by atoms with van der Waals surface area (Å²) in [5.74, 6) is 0.315. The van der Waals surface area contributed by atoms with Gasteiger partial charge in [-0.1, -0.05) is 0 Å². The van der Waals surface area contributed by atoms with Crippen molar-refractivity contribution in [3.63, 3.8) is 0 Å². The van der Waals surface area contributed by atoms with Crippen molar-refractivity contribution in [2.75, 3.05) is 30.8 Å². The van der Waals surface area contributed by atoms with Crippen LogP contribution >= 0.6 is 0 Å². The average Bonchev–Trinajstić information content (AvgIpc) is 3.70. The maximum Gasteiger partial charge on any atom is 0.259 e. The molecule has 2 N–H and O–H groups in total. The number of rotatable bonds is 8. The third-order valence-corrected chi connectivity index (χ3v) is 7.76. The molecule has 2 atom stereocenters. The normalized spacial score (nSPS) is 18.6. The summed E-state index contributed by atoms with van der Waals surface area (Å²) in [4.78, 5) is 37.1. The molecule has 2 bridgehead atoms. The summed E-state index contributed by atoms with van der Waals surface area (Å²) in [6.07, 6.45) is 11.9. The van der Waals surface area contributed by atoms with E-state index in [4.69, 9.17) is 4.74 Å². The van der Waals surface area contributed by atoms with E-state index in [0.717, 1.165) is 23.7 Å². The summed E-state index contributed by atoms with van der Waals surface area (Å²) in [7, 11) is 3.48. The molecule has 202 valence electrons. The van der Waals surface area contributed by atoms with Crippen LogP contribution in [0.1, 0.15) is 41.0 Å². The first-order valence-electron chi connectivity index (χ1n) is 13.0. The van der Waals surface area contributed by atoms with Crippen LogP contribution in [0.5, 0.6) is 0 Å². The van der Waals surface area contributed by atoms with Crippen molar-refractivity contribution >= 4 is 28.7 Å². The van der Waals surface area contributed by atoms with E-state index < -0.39 is 0 Å². The average molecular weight is 530 g/mol. The molecule has 6 rings (SSSR count). The monoisotopic (exact) mass is 529 g/mol. The van der Waals surface area contributed by atoms with Gasteiger partial charge >= 0.3 is 0 Å². The van der Waals surface area contributed by atoms with Gasteiger partial charge in [-0.25, -0.2) is 4.52 Å². The van der Waals surface area contributed by atoms with Gasteiger partial charge in [-0.3, -0.25) is 29.1 Å². The lowest BCUT2D eigenvalue weighted by Gasteiger charge is -2.25. The van der Waals surface area contributed by atoms with Gasteiger partial charge in [-0.2, -0.15) is 10.2 Å². The van der Waals surface area contributed by atoms with Gasteiger partial charge in [0.1, 0.15) is 0 Å². The molecule has 0 spiro atoms. The molecule has 0 unspecified atom stereocenters. The van der Waals surface area contributed by atoms with Gasteiger partial charge in [0, 0.05) is 32.3 Å². The molecule has 12 heteroatoms. The summed E-state index contributed by atoms with van der Waals surface area (Å²) in [5, 5.41) is 14.5. The molecule has 4 aromatic rings. The van der Waals surface area contributed by atoms with Crippen molar-refractivity contribution < 1.29 is 14.3 Å². The number of fused-ring (bicyclic) bond motifs is 3. The van der Waals surface area contributed by atoms with Crippen LogP contribution in [0, 0.1) is 12.8 Å². The Hall–Kier alpha value is -4.16. The SMILES string of the molecule is COCc1c(-c2cn3ncc(C(=O)Nc4cc(NC(=O)CN5C[C@@H]6CC[C@H]5C6)cnc4C)c3cn2)cnn1C. The number of aryl methyl sites for hydroxylation is 2. The van der Waals surface area contributed by atoms with E-state index in [1.165, 1.54) is 25.5 Å². The fourth-order valence-electron chi connectivity index (χ4n) is 5.70. The molecule has 4 aromatic heterocycles. The van der Waals surface area contributed by atoms with E-state index in [-0.39, 0.29) is 11.8 Å². The van der Waals surface area contributed by atoms with E-state index >= 15 is 0 Å². The topological polar surface area (TPSA) is 132 Å². The Labute approximate surface area is 225 Å². The number of nitrogens with zero attached hydrogens (tertiary/aromatic N) is 7. The lowest BCUT2D eigenvalue weighted by molar-refractivity contribution is -0.117. The van der Waals surface area contributed by atoms with Crippen molar-refractivity contribution in [1.82, 2.24) is 34.3 Å². The number of ether oxygens (including phenoxy) is 1. The second-order valence-electron chi connectivity index (χ2n) is 10.3. The van der Waals surface area contributed by atoms with Crippen molar-refractivity contribution in [1.29, 1.82) is 0 Å². The zero-order valence-electron chi connectivity index (χ0n) is 22.2. The lowest BCUT2D eigenvalue weighted by atomic mass is 10.1.